The number of nitrogens with zero attached hydrogens (tertiary/aromatic N) is 5. The number of hydrogen-bond donors (Lipinski definition) is 4. The van der Waals surface area contributed by atoms with Crippen LogP contribution in [0.3, 0.4) is 0 Å². The Morgan fingerprint density at radius 2 is 1.21 bits per heavy atom. The van der Waals surface area contributed by atoms with E-state index >= 15 is 0 Å². The minimum absolute atomic E-state index is 0.116. The van der Waals surface area contributed by atoms with Gasteiger partial charge in [-0.1, -0.05) is 45.6 Å². The number of pyridine rings is 1. The Bertz CT molecular complexity index is 2390. The molecule has 0 spiro atoms. The van der Waals surface area contributed by atoms with E-state index < -0.39 is 24.3 Å². The summed E-state index contributed by atoms with van der Waals surface area (Å²) in [5.74, 6) is 7.33. The molecule has 2 aromatic carbocycles. The number of rotatable bonds is 9. The third kappa shape index (κ3) is 8.32. The maximum atomic E-state index is 13.6. The summed E-state index contributed by atoms with van der Waals surface area (Å²) in [6, 6.07) is 13.7. The first-order valence-corrected chi connectivity index (χ1v) is 19.7. The summed E-state index contributed by atoms with van der Waals surface area (Å²) in [6.07, 6.45) is 3.68. The number of fused-ring (bicyclic) bond motifs is 2. The van der Waals surface area contributed by atoms with E-state index in [0.29, 0.717) is 24.7 Å². The first kappa shape index (κ1) is 39.8. The van der Waals surface area contributed by atoms with Crippen LogP contribution in [0.2, 0.25) is 0 Å². The second kappa shape index (κ2) is 17.0. The number of aromatic nitrogens is 5. The van der Waals surface area contributed by atoms with Crippen LogP contribution in [0.4, 0.5) is 9.59 Å². The smallest absolute Gasteiger partial charge is 0.407 e. The van der Waals surface area contributed by atoms with Gasteiger partial charge in [-0.15, -0.1) is 0 Å². The van der Waals surface area contributed by atoms with Crippen molar-refractivity contribution < 1.29 is 28.7 Å². The molecule has 2 saturated heterocycles. The number of imidazole rings is 2. The normalized spacial score (nSPS) is 17.7. The number of H-pyrrole nitrogens is 2. The lowest BCUT2D eigenvalue weighted by atomic mass is 10.0. The Hall–Kier alpha value is -6.43. The van der Waals surface area contributed by atoms with Crippen molar-refractivity contribution in [3.05, 3.63) is 77.5 Å². The van der Waals surface area contributed by atoms with E-state index in [2.05, 4.69) is 32.4 Å². The Balaban J connectivity index is 1.03. The van der Waals surface area contributed by atoms with Crippen molar-refractivity contribution in [2.75, 3.05) is 27.3 Å². The number of nitrogens with one attached hydrogen (secondary N) is 4. The summed E-state index contributed by atoms with van der Waals surface area (Å²) in [4.78, 5) is 75.9. The van der Waals surface area contributed by atoms with Crippen molar-refractivity contribution in [3.63, 3.8) is 0 Å². The van der Waals surface area contributed by atoms with Crippen LogP contribution in [-0.2, 0) is 19.1 Å². The predicted molar refractivity (Wildman–Crippen MR) is 217 cm³/mol. The summed E-state index contributed by atoms with van der Waals surface area (Å²) in [6.45, 7) is 8.74. The van der Waals surface area contributed by atoms with Gasteiger partial charge in [-0.3, -0.25) is 14.6 Å². The first-order valence-electron chi connectivity index (χ1n) is 19.7. The molecular weight excluding hydrogens is 739 g/mol. The third-order valence-electron chi connectivity index (χ3n) is 10.9. The van der Waals surface area contributed by atoms with E-state index in [0.717, 1.165) is 70.1 Å². The molecule has 58 heavy (non-hydrogen) atoms. The molecule has 5 heterocycles. The second-order valence-electron chi connectivity index (χ2n) is 15.5. The molecule has 2 aliphatic heterocycles. The van der Waals surface area contributed by atoms with E-state index in [1.807, 2.05) is 76.2 Å². The highest BCUT2D eigenvalue weighted by Gasteiger charge is 2.39. The van der Waals surface area contributed by atoms with Gasteiger partial charge in [-0.25, -0.2) is 19.6 Å². The van der Waals surface area contributed by atoms with Crippen molar-refractivity contribution in [1.82, 2.24) is 45.4 Å². The van der Waals surface area contributed by atoms with E-state index in [1.165, 1.54) is 14.2 Å². The van der Waals surface area contributed by atoms with E-state index in [9.17, 15) is 19.2 Å². The van der Waals surface area contributed by atoms with Gasteiger partial charge in [-0.2, -0.15) is 0 Å². The molecule has 0 radical (unpaired) electrons. The lowest BCUT2D eigenvalue weighted by Gasteiger charge is -2.29. The van der Waals surface area contributed by atoms with Crippen LogP contribution in [0.1, 0.15) is 88.2 Å². The number of likely N-dealkylation sites (tertiary alicyclic amines) is 2. The second-order valence-corrected chi connectivity index (χ2v) is 15.5. The van der Waals surface area contributed by atoms with Crippen molar-refractivity contribution in [2.45, 2.75) is 77.5 Å². The van der Waals surface area contributed by atoms with Crippen molar-refractivity contribution in [3.8, 4) is 23.1 Å². The number of aromatic amines is 2. The van der Waals surface area contributed by atoms with Gasteiger partial charge in [0.05, 0.1) is 54.1 Å². The molecule has 0 aliphatic carbocycles. The molecule has 4 amide bonds. The molecule has 15 nitrogen and oxygen atoms in total. The number of amides is 4. The molecule has 7 rings (SSSR count). The van der Waals surface area contributed by atoms with Gasteiger partial charge < -0.3 is 39.9 Å². The van der Waals surface area contributed by atoms with E-state index in [-0.39, 0.29) is 35.7 Å². The van der Waals surface area contributed by atoms with Gasteiger partial charge in [0.2, 0.25) is 11.8 Å². The molecule has 0 saturated carbocycles. The summed E-state index contributed by atoms with van der Waals surface area (Å²) < 4.78 is 9.52. The maximum absolute atomic E-state index is 13.6. The molecule has 0 bridgehead atoms. The number of benzene rings is 2. The first-order chi connectivity index (χ1) is 27.9. The fourth-order valence-corrected chi connectivity index (χ4v) is 7.78. The van der Waals surface area contributed by atoms with Crippen LogP contribution >= 0.6 is 0 Å². The SMILES string of the molecule is COC(=O)N[C@H](C(=O)N1CCC[C@H]1c1nc2ccc(C#Cc3ccc(-c4ccc5nc([C@@H]6CCCN6C(=O)[C@@H](NC(=O)OC)C(C)C)[nH]c5c4)nc3)cc2[nH]1)C(C)C. The Labute approximate surface area is 336 Å². The minimum atomic E-state index is -0.701. The number of hydrogen-bond acceptors (Lipinski definition) is 9. The Morgan fingerprint density at radius 3 is 1.71 bits per heavy atom. The molecule has 0 unspecified atom stereocenters. The standard InChI is InChI=1S/C43H49N9O6/c1-24(2)36(49-42(55)57-5)40(53)51-19-7-9-34(51)38-45-30-17-13-26(21-32(30)47-38)11-12-27-14-16-29(44-23-27)28-15-18-31-33(22-28)48-39(46-31)35-10-8-20-52(35)41(54)37(25(3)4)50-43(56)58-6/h13-18,21-25,34-37H,7-10,19-20H2,1-6H3,(H,45,47)(H,46,48)(H,49,55)(H,50,56)/t34-,35-,36-,37-/m0/s1. The van der Waals surface area contributed by atoms with Crippen LogP contribution in [0.15, 0.2) is 54.7 Å². The fraction of sp³-hybridized carbons (Fsp3) is 0.419. The summed E-state index contributed by atoms with van der Waals surface area (Å²) in [7, 11) is 2.57. The third-order valence-corrected chi connectivity index (χ3v) is 10.9. The maximum Gasteiger partial charge on any atom is 0.407 e. The van der Waals surface area contributed by atoms with Crippen LogP contribution in [0.5, 0.6) is 0 Å². The lowest BCUT2D eigenvalue weighted by Crippen LogP contribution is -2.51. The van der Waals surface area contributed by atoms with Crippen LogP contribution in [-0.4, -0.2) is 98.1 Å². The van der Waals surface area contributed by atoms with Crippen molar-refractivity contribution in [1.29, 1.82) is 0 Å². The minimum Gasteiger partial charge on any atom is -0.453 e. The fourth-order valence-electron chi connectivity index (χ4n) is 7.78. The van der Waals surface area contributed by atoms with Gasteiger partial charge in [0, 0.05) is 36.0 Å². The molecule has 2 fully saturated rings. The summed E-state index contributed by atoms with van der Waals surface area (Å²) in [5, 5.41) is 5.38. The highest BCUT2D eigenvalue weighted by atomic mass is 16.5. The quantitative estimate of drug-likeness (QED) is 0.130. The summed E-state index contributed by atoms with van der Waals surface area (Å²) >= 11 is 0. The molecule has 302 valence electrons. The molecule has 2 aliphatic rings. The molecule has 5 aromatic rings. The van der Waals surface area contributed by atoms with Crippen molar-refractivity contribution >= 4 is 46.1 Å². The number of alkyl carbamates (subject to hydrolysis) is 2. The van der Waals surface area contributed by atoms with E-state index in [1.54, 1.807) is 16.0 Å². The van der Waals surface area contributed by atoms with Gasteiger partial charge >= 0.3 is 12.2 Å². The number of carbonyl (C=O) groups excluding carboxylic acids is 4. The average molecular weight is 788 g/mol. The van der Waals surface area contributed by atoms with Gasteiger partial charge in [0.1, 0.15) is 23.7 Å². The number of ether oxygens (including phenoxy) is 2. The Kier molecular flexibility index (Phi) is 11.6. The summed E-state index contributed by atoms with van der Waals surface area (Å²) in [5.41, 5.74) is 6.47. The van der Waals surface area contributed by atoms with E-state index in [4.69, 9.17) is 24.4 Å². The van der Waals surface area contributed by atoms with Gasteiger partial charge in [-0.05, 0) is 80.0 Å². The lowest BCUT2D eigenvalue weighted by molar-refractivity contribution is -0.136. The molecular formula is C43H49N9O6. The topological polar surface area (TPSA) is 188 Å². The molecule has 15 heteroatoms. The zero-order valence-corrected chi connectivity index (χ0v) is 33.6. The van der Waals surface area contributed by atoms with Crippen molar-refractivity contribution in [2.24, 2.45) is 11.8 Å². The zero-order chi connectivity index (χ0) is 41.1. The largest absolute Gasteiger partial charge is 0.453 e. The number of methoxy groups -OCH3 is 2. The highest BCUT2D eigenvalue weighted by Crippen LogP contribution is 2.35. The molecule has 3 aromatic heterocycles. The number of carbonyl (C=O) groups is 4. The highest BCUT2D eigenvalue weighted by molar-refractivity contribution is 5.88. The predicted octanol–water partition coefficient (Wildman–Crippen LogP) is 5.99. The van der Waals surface area contributed by atoms with Gasteiger partial charge in [0.15, 0.2) is 0 Å². The van der Waals surface area contributed by atoms with Crippen LogP contribution in [0, 0.1) is 23.7 Å². The Morgan fingerprint density at radius 1 is 0.707 bits per heavy atom. The van der Waals surface area contributed by atoms with Gasteiger partial charge in [0.25, 0.3) is 0 Å². The van der Waals surface area contributed by atoms with Crippen LogP contribution < -0.4 is 10.6 Å². The average Bonchev–Trinajstić information content (AvgIpc) is 4.05. The molecule has 4 atom stereocenters. The van der Waals surface area contributed by atoms with Crippen LogP contribution in [0.25, 0.3) is 33.3 Å². The molecule has 4 N–H and O–H groups in total. The monoisotopic (exact) mass is 787 g/mol. The zero-order valence-electron chi connectivity index (χ0n) is 33.6.